The highest BCUT2D eigenvalue weighted by Gasteiger charge is 2.27. The number of aliphatic hydroxyl groups excluding tert-OH is 1. The first-order chi connectivity index (χ1) is 8.08. The molecule has 1 aliphatic carbocycles. The monoisotopic (exact) mass is 241 g/mol. The molecule has 92 valence electrons. The molecule has 1 aliphatic rings. The Morgan fingerprint density at radius 3 is 2.76 bits per heavy atom. The number of rotatable bonds is 2. The van der Waals surface area contributed by atoms with Gasteiger partial charge < -0.3 is 10.4 Å². The molecule has 0 aliphatic heterocycles. The Labute approximate surface area is 97.5 Å². The minimum atomic E-state index is -0.767. The summed E-state index contributed by atoms with van der Waals surface area (Å²) in [6, 6.07) is 2.35. The van der Waals surface area contributed by atoms with Gasteiger partial charge in [-0.3, -0.25) is 4.79 Å². The van der Waals surface area contributed by atoms with E-state index in [1.165, 1.54) is 0 Å². The summed E-state index contributed by atoms with van der Waals surface area (Å²) in [5.74, 6) is -2.12. The summed E-state index contributed by atoms with van der Waals surface area (Å²) in [5.41, 5.74) is -0.330. The standard InChI is InChI=1S/C12H13F2NO2/c13-7-4-5-9(14)8(6-7)12(17)15-10-2-1-3-11(10)16/h4-6,10-11,16H,1-3H2,(H,15,17)/t10-,11+/m0/s1. The lowest BCUT2D eigenvalue weighted by Gasteiger charge is -2.16. The fourth-order valence-corrected chi connectivity index (χ4v) is 2.03. The summed E-state index contributed by atoms with van der Waals surface area (Å²) < 4.78 is 26.2. The van der Waals surface area contributed by atoms with Gasteiger partial charge in [0.2, 0.25) is 0 Å². The summed E-state index contributed by atoms with van der Waals surface area (Å²) >= 11 is 0. The molecule has 3 nitrogen and oxygen atoms in total. The topological polar surface area (TPSA) is 49.3 Å². The molecule has 0 aromatic heterocycles. The number of benzene rings is 1. The second kappa shape index (κ2) is 4.79. The average molecular weight is 241 g/mol. The number of hydrogen-bond acceptors (Lipinski definition) is 2. The van der Waals surface area contributed by atoms with Crippen LogP contribution in [0.1, 0.15) is 29.6 Å². The van der Waals surface area contributed by atoms with Crippen molar-refractivity contribution < 1.29 is 18.7 Å². The van der Waals surface area contributed by atoms with Gasteiger partial charge in [-0.1, -0.05) is 0 Å². The number of carbonyl (C=O) groups is 1. The van der Waals surface area contributed by atoms with Gasteiger partial charge in [0.25, 0.3) is 5.91 Å². The van der Waals surface area contributed by atoms with E-state index in [1.54, 1.807) is 0 Å². The van der Waals surface area contributed by atoms with Crippen molar-refractivity contribution in [1.82, 2.24) is 5.32 Å². The molecule has 1 fully saturated rings. The van der Waals surface area contributed by atoms with E-state index in [2.05, 4.69) is 5.32 Å². The first-order valence-electron chi connectivity index (χ1n) is 5.52. The summed E-state index contributed by atoms with van der Waals surface area (Å²) in [5, 5.41) is 12.0. The molecular formula is C12H13F2NO2. The molecule has 1 amide bonds. The lowest BCUT2D eigenvalue weighted by atomic mass is 10.1. The molecule has 0 spiro atoms. The van der Waals surface area contributed by atoms with Crippen LogP contribution in [0, 0.1) is 11.6 Å². The van der Waals surface area contributed by atoms with Gasteiger partial charge in [0, 0.05) is 0 Å². The number of halogens is 2. The second-order valence-corrected chi connectivity index (χ2v) is 4.20. The number of aliphatic hydroxyl groups is 1. The molecule has 0 heterocycles. The minimum Gasteiger partial charge on any atom is -0.391 e. The highest BCUT2D eigenvalue weighted by molar-refractivity contribution is 5.94. The van der Waals surface area contributed by atoms with Crippen LogP contribution >= 0.6 is 0 Å². The van der Waals surface area contributed by atoms with Gasteiger partial charge in [-0.05, 0) is 37.5 Å². The van der Waals surface area contributed by atoms with Crippen LogP contribution in [-0.4, -0.2) is 23.2 Å². The Bertz CT molecular complexity index is 437. The molecule has 0 saturated heterocycles. The van der Waals surface area contributed by atoms with Gasteiger partial charge in [0.15, 0.2) is 0 Å². The molecule has 0 unspecified atom stereocenters. The fourth-order valence-electron chi connectivity index (χ4n) is 2.03. The van der Waals surface area contributed by atoms with Crippen LogP contribution in [0.25, 0.3) is 0 Å². The second-order valence-electron chi connectivity index (χ2n) is 4.20. The van der Waals surface area contributed by atoms with E-state index in [4.69, 9.17) is 0 Å². The quantitative estimate of drug-likeness (QED) is 0.826. The molecular weight excluding hydrogens is 228 g/mol. The largest absolute Gasteiger partial charge is 0.391 e. The number of carbonyl (C=O) groups excluding carboxylic acids is 1. The Kier molecular flexibility index (Phi) is 3.38. The molecule has 1 saturated carbocycles. The molecule has 2 N–H and O–H groups in total. The predicted molar refractivity (Wildman–Crippen MR) is 57.5 cm³/mol. The van der Waals surface area contributed by atoms with Crippen LogP contribution in [0.4, 0.5) is 8.78 Å². The first-order valence-corrected chi connectivity index (χ1v) is 5.52. The van der Waals surface area contributed by atoms with Crippen LogP contribution in [0.2, 0.25) is 0 Å². The van der Waals surface area contributed by atoms with Gasteiger partial charge in [-0.15, -0.1) is 0 Å². The zero-order valence-electron chi connectivity index (χ0n) is 9.12. The van der Waals surface area contributed by atoms with Crippen molar-refractivity contribution in [2.24, 2.45) is 0 Å². The Hall–Kier alpha value is -1.49. The smallest absolute Gasteiger partial charge is 0.254 e. The van der Waals surface area contributed by atoms with E-state index in [1.807, 2.05) is 0 Å². The third-order valence-corrected chi connectivity index (χ3v) is 2.97. The molecule has 17 heavy (non-hydrogen) atoms. The summed E-state index contributed by atoms with van der Waals surface area (Å²) in [4.78, 5) is 11.7. The average Bonchev–Trinajstić information content (AvgIpc) is 2.68. The van der Waals surface area contributed by atoms with Crippen LogP contribution in [0.3, 0.4) is 0 Å². The Morgan fingerprint density at radius 1 is 1.35 bits per heavy atom. The first kappa shape index (κ1) is 12.0. The maximum Gasteiger partial charge on any atom is 0.254 e. The summed E-state index contributed by atoms with van der Waals surface area (Å²) in [6.07, 6.45) is 1.49. The predicted octanol–water partition coefficient (Wildman–Crippen LogP) is 1.61. The van der Waals surface area contributed by atoms with Crippen molar-refractivity contribution >= 4 is 5.91 Å². The van der Waals surface area contributed by atoms with E-state index >= 15 is 0 Å². The number of amides is 1. The molecule has 0 radical (unpaired) electrons. The Balaban J connectivity index is 2.11. The zero-order valence-corrected chi connectivity index (χ0v) is 9.12. The normalized spacial score (nSPS) is 23.7. The van der Waals surface area contributed by atoms with Crippen molar-refractivity contribution in [1.29, 1.82) is 0 Å². The van der Waals surface area contributed by atoms with Crippen LogP contribution in [-0.2, 0) is 0 Å². The molecule has 1 aromatic carbocycles. The van der Waals surface area contributed by atoms with Gasteiger partial charge in [0.1, 0.15) is 11.6 Å². The van der Waals surface area contributed by atoms with Gasteiger partial charge in [-0.25, -0.2) is 8.78 Å². The van der Waals surface area contributed by atoms with Crippen molar-refractivity contribution in [3.05, 3.63) is 35.4 Å². The van der Waals surface area contributed by atoms with Crippen molar-refractivity contribution in [2.75, 3.05) is 0 Å². The van der Waals surface area contributed by atoms with Crippen molar-refractivity contribution in [2.45, 2.75) is 31.4 Å². The number of hydrogen-bond donors (Lipinski definition) is 2. The van der Waals surface area contributed by atoms with Crippen LogP contribution in [0.5, 0.6) is 0 Å². The molecule has 2 rings (SSSR count). The highest BCUT2D eigenvalue weighted by Crippen LogP contribution is 2.19. The van der Waals surface area contributed by atoms with E-state index < -0.39 is 23.6 Å². The lowest BCUT2D eigenvalue weighted by molar-refractivity contribution is 0.0869. The summed E-state index contributed by atoms with van der Waals surface area (Å²) in [7, 11) is 0. The number of nitrogens with one attached hydrogen (secondary N) is 1. The van der Waals surface area contributed by atoms with Crippen molar-refractivity contribution in [3.8, 4) is 0 Å². The van der Waals surface area contributed by atoms with E-state index in [0.717, 1.165) is 24.6 Å². The third kappa shape index (κ3) is 2.61. The summed E-state index contributed by atoms with van der Waals surface area (Å²) in [6.45, 7) is 0. The molecule has 1 aromatic rings. The SMILES string of the molecule is O=C(N[C@H]1CCC[C@H]1O)c1cc(F)ccc1F. The van der Waals surface area contributed by atoms with Crippen LogP contribution < -0.4 is 5.32 Å². The molecule has 0 bridgehead atoms. The fraction of sp³-hybridized carbons (Fsp3) is 0.417. The highest BCUT2D eigenvalue weighted by atomic mass is 19.1. The minimum absolute atomic E-state index is 0.330. The van der Waals surface area contributed by atoms with E-state index in [0.29, 0.717) is 12.8 Å². The molecule has 2 atom stereocenters. The maximum absolute atomic E-state index is 13.3. The molecule has 5 heteroatoms. The van der Waals surface area contributed by atoms with Crippen molar-refractivity contribution in [3.63, 3.8) is 0 Å². The lowest BCUT2D eigenvalue weighted by Crippen LogP contribution is -2.40. The van der Waals surface area contributed by atoms with Gasteiger partial charge in [-0.2, -0.15) is 0 Å². The van der Waals surface area contributed by atoms with E-state index in [-0.39, 0.29) is 11.6 Å². The van der Waals surface area contributed by atoms with Gasteiger partial charge in [0.05, 0.1) is 17.7 Å². The Morgan fingerprint density at radius 2 is 2.12 bits per heavy atom. The van der Waals surface area contributed by atoms with Gasteiger partial charge >= 0.3 is 0 Å². The van der Waals surface area contributed by atoms with E-state index in [9.17, 15) is 18.7 Å². The zero-order chi connectivity index (χ0) is 12.4. The van der Waals surface area contributed by atoms with Crippen LogP contribution in [0.15, 0.2) is 18.2 Å². The maximum atomic E-state index is 13.3. The third-order valence-electron chi connectivity index (χ3n) is 2.97.